The van der Waals surface area contributed by atoms with Gasteiger partial charge in [-0.05, 0) is 42.0 Å². The lowest BCUT2D eigenvalue weighted by Gasteiger charge is -2.16. The minimum absolute atomic E-state index is 0.0612. The molecule has 1 heterocycles. The Labute approximate surface area is 121 Å². The lowest BCUT2D eigenvalue weighted by Crippen LogP contribution is -2.06. The number of nitrogens with zero attached hydrogens (tertiary/aromatic N) is 3. The summed E-state index contributed by atoms with van der Waals surface area (Å²) in [4.78, 5) is 0. The number of nitrogens with one attached hydrogen (secondary N) is 2. The van der Waals surface area contributed by atoms with E-state index in [1.54, 1.807) is 12.1 Å². The third kappa shape index (κ3) is 3.05. The van der Waals surface area contributed by atoms with E-state index in [9.17, 15) is 4.39 Å². The van der Waals surface area contributed by atoms with Crippen LogP contribution in [0.1, 0.15) is 18.5 Å². The molecule has 0 aliphatic carbocycles. The average Bonchev–Trinajstić information content (AvgIpc) is 3.02. The molecular weight excluding hydrogens is 269 g/mol. The molecule has 0 spiro atoms. The SMILES string of the molecule is CC(Nc1cccc(-c2nn[nH]n2)c1)c1ccc(F)cc1. The molecule has 0 bridgehead atoms. The van der Waals surface area contributed by atoms with E-state index in [4.69, 9.17) is 0 Å². The van der Waals surface area contributed by atoms with Crippen LogP contribution in [-0.4, -0.2) is 20.6 Å². The molecule has 1 atom stereocenters. The molecule has 0 saturated heterocycles. The van der Waals surface area contributed by atoms with E-state index in [-0.39, 0.29) is 11.9 Å². The van der Waals surface area contributed by atoms with Gasteiger partial charge >= 0.3 is 0 Å². The standard InChI is InChI=1S/C15H14FN5/c1-10(11-5-7-13(16)8-6-11)17-14-4-2-3-12(9-14)15-18-20-21-19-15/h2-10,17H,1H3,(H,18,19,20,21). The maximum Gasteiger partial charge on any atom is 0.204 e. The quantitative estimate of drug-likeness (QED) is 0.771. The summed E-state index contributed by atoms with van der Waals surface area (Å²) in [6.45, 7) is 2.02. The monoisotopic (exact) mass is 283 g/mol. The van der Waals surface area contributed by atoms with E-state index >= 15 is 0 Å². The lowest BCUT2D eigenvalue weighted by atomic mass is 10.1. The number of aromatic amines is 1. The van der Waals surface area contributed by atoms with Gasteiger partial charge in [0.2, 0.25) is 5.82 Å². The van der Waals surface area contributed by atoms with Crippen LogP contribution in [0, 0.1) is 5.82 Å². The first-order valence-corrected chi connectivity index (χ1v) is 6.58. The van der Waals surface area contributed by atoms with Crippen molar-refractivity contribution >= 4 is 5.69 Å². The number of anilines is 1. The van der Waals surface area contributed by atoms with Gasteiger partial charge in [0.25, 0.3) is 0 Å². The van der Waals surface area contributed by atoms with Crippen molar-refractivity contribution in [1.82, 2.24) is 20.6 Å². The number of aromatic nitrogens is 4. The first kappa shape index (κ1) is 13.2. The van der Waals surface area contributed by atoms with E-state index in [0.29, 0.717) is 5.82 Å². The van der Waals surface area contributed by atoms with Crippen LogP contribution in [0.4, 0.5) is 10.1 Å². The molecule has 1 aromatic heterocycles. The zero-order valence-electron chi connectivity index (χ0n) is 11.4. The predicted molar refractivity (Wildman–Crippen MR) is 78.1 cm³/mol. The van der Waals surface area contributed by atoms with Gasteiger partial charge in [-0.2, -0.15) is 5.21 Å². The fraction of sp³-hybridized carbons (Fsp3) is 0.133. The lowest BCUT2D eigenvalue weighted by molar-refractivity contribution is 0.626. The van der Waals surface area contributed by atoms with Gasteiger partial charge in [-0.25, -0.2) is 4.39 Å². The molecule has 3 rings (SSSR count). The molecule has 21 heavy (non-hydrogen) atoms. The van der Waals surface area contributed by atoms with Crippen LogP contribution in [0.25, 0.3) is 11.4 Å². The first-order valence-electron chi connectivity index (χ1n) is 6.58. The minimum Gasteiger partial charge on any atom is -0.379 e. The van der Waals surface area contributed by atoms with Gasteiger partial charge in [0.05, 0.1) is 0 Å². The van der Waals surface area contributed by atoms with E-state index in [2.05, 4.69) is 25.9 Å². The zero-order chi connectivity index (χ0) is 14.7. The highest BCUT2D eigenvalue weighted by Gasteiger charge is 2.07. The Morgan fingerprint density at radius 2 is 1.95 bits per heavy atom. The Balaban J connectivity index is 1.78. The summed E-state index contributed by atoms with van der Waals surface area (Å²) in [7, 11) is 0. The highest BCUT2D eigenvalue weighted by atomic mass is 19.1. The van der Waals surface area contributed by atoms with Gasteiger partial charge in [0.1, 0.15) is 5.82 Å². The predicted octanol–water partition coefficient (Wildman–Crippen LogP) is 3.18. The third-order valence-corrected chi connectivity index (χ3v) is 3.22. The Kier molecular flexibility index (Phi) is 3.59. The molecule has 0 fully saturated rings. The van der Waals surface area contributed by atoms with E-state index in [1.165, 1.54) is 12.1 Å². The van der Waals surface area contributed by atoms with Crippen LogP contribution in [0.3, 0.4) is 0 Å². The highest BCUT2D eigenvalue weighted by molar-refractivity contribution is 5.62. The average molecular weight is 283 g/mol. The molecule has 0 radical (unpaired) electrons. The van der Waals surface area contributed by atoms with Crippen LogP contribution in [0.2, 0.25) is 0 Å². The molecule has 1 unspecified atom stereocenters. The van der Waals surface area contributed by atoms with E-state index in [1.807, 2.05) is 31.2 Å². The normalized spacial score (nSPS) is 12.1. The molecule has 2 aromatic carbocycles. The molecule has 0 saturated carbocycles. The molecule has 106 valence electrons. The summed E-state index contributed by atoms with van der Waals surface area (Å²) in [5.74, 6) is 0.318. The van der Waals surface area contributed by atoms with Crippen LogP contribution in [0.5, 0.6) is 0 Å². The molecule has 2 N–H and O–H groups in total. The Bertz CT molecular complexity index is 709. The van der Waals surface area contributed by atoms with Gasteiger partial charge in [0, 0.05) is 17.3 Å². The molecule has 5 nitrogen and oxygen atoms in total. The van der Waals surface area contributed by atoms with Crippen molar-refractivity contribution in [2.75, 3.05) is 5.32 Å². The Hall–Kier alpha value is -2.76. The Morgan fingerprint density at radius 1 is 1.14 bits per heavy atom. The second kappa shape index (κ2) is 5.70. The molecule has 0 aliphatic rings. The van der Waals surface area contributed by atoms with Gasteiger partial charge in [0.15, 0.2) is 0 Å². The van der Waals surface area contributed by atoms with Gasteiger partial charge in [-0.3, -0.25) is 0 Å². The summed E-state index contributed by atoms with van der Waals surface area (Å²) in [5, 5.41) is 17.3. The fourth-order valence-electron chi connectivity index (χ4n) is 2.12. The second-order valence-corrected chi connectivity index (χ2v) is 4.73. The molecule has 0 aliphatic heterocycles. The van der Waals surface area contributed by atoms with Gasteiger partial charge in [-0.1, -0.05) is 24.3 Å². The zero-order valence-corrected chi connectivity index (χ0v) is 11.4. The Morgan fingerprint density at radius 3 is 2.67 bits per heavy atom. The number of hydrogen-bond acceptors (Lipinski definition) is 4. The fourth-order valence-corrected chi connectivity index (χ4v) is 2.12. The van der Waals surface area contributed by atoms with Crippen LogP contribution in [-0.2, 0) is 0 Å². The summed E-state index contributed by atoms with van der Waals surface area (Å²) in [6.07, 6.45) is 0. The summed E-state index contributed by atoms with van der Waals surface area (Å²) >= 11 is 0. The molecule has 0 amide bonds. The van der Waals surface area contributed by atoms with Crippen molar-refractivity contribution in [3.8, 4) is 11.4 Å². The summed E-state index contributed by atoms with van der Waals surface area (Å²) in [5.41, 5.74) is 2.83. The first-order chi connectivity index (χ1) is 10.2. The van der Waals surface area contributed by atoms with Crippen molar-refractivity contribution in [2.45, 2.75) is 13.0 Å². The maximum absolute atomic E-state index is 12.9. The third-order valence-electron chi connectivity index (χ3n) is 3.22. The van der Waals surface area contributed by atoms with E-state index < -0.39 is 0 Å². The van der Waals surface area contributed by atoms with Crippen LogP contribution in [0.15, 0.2) is 48.5 Å². The number of rotatable bonds is 4. The number of benzene rings is 2. The maximum atomic E-state index is 12.9. The summed E-state index contributed by atoms with van der Waals surface area (Å²) < 4.78 is 12.9. The number of hydrogen-bond donors (Lipinski definition) is 2. The van der Waals surface area contributed by atoms with Gasteiger partial charge in [-0.15, -0.1) is 10.2 Å². The van der Waals surface area contributed by atoms with Crippen LogP contribution >= 0.6 is 0 Å². The molecule has 3 aromatic rings. The molecule has 6 heteroatoms. The number of tetrazole rings is 1. The topological polar surface area (TPSA) is 66.5 Å². The van der Waals surface area contributed by atoms with Crippen molar-refractivity contribution < 1.29 is 4.39 Å². The number of H-pyrrole nitrogens is 1. The van der Waals surface area contributed by atoms with Crippen molar-refractivity contribution in [1.29, 1.82) is 0 Å². The van der Waals surface area contributed by atoms with Gasteiger partial charge < -0.3 is 5.32 Å². The molecular formula is C15H14FN5. The van der Waals surface area contributed by atoms with Crippen LogP contribution < -0.4 is 5.32 Å². The van der Waals surface area contributed by atoms with Crippen molar-refractivity contribution in [3.63, 3.8) is 0 Å². The largest absolute Gasteiger partial charge is 0.379 e. The second-order valence-electron chi connectivity index (χ2n) is 4.73. The highest BCUT2D eigenvalue weighted by Crippen LogP contribution is 2.23. The van der Waals surface area contributed by atoms with Crippen molar-refractivity contribution in [3.05, 3.63) is 59.9 Å². The number of halogens is 1. The van der Waals surface area contributed by atoms with E-state index in [0.717, 1.165) is 16.8 Å². The minimum atomic E-state index is -0.231. The smallest absolute Gasteiger partial charge is 0.204 e. The summed E-state index contributed by atoms with van der Waals surface area (Å²) in [6, 6.07) is 14.3. The van der Waals surface area contributed by atoms with Crippen molar-refractivity contribution in [2.24, 2.45) is 0 Å².